The molecule has 0 aliphatic carbocycles. The highest BCUT2D eigenvalue weighted by Crippen LogP contribution is 2.10. The number of esters is 1. The second-order valence-electron chi connectivity index (χ2n) is 6.08. The number of methoxy groups -OCH3 is 1. The van der Waals surface area contributed by atoms with Gasteiger partial charge in [0.1, 0.15) is 6.54 Å². The maximum Gasteiger partial charge on any atom is 0.325 e. The minimum absolute atomic E-state index is 0.170. The SMILES string of the molecule is COC(=O)CNC(=O)c1cccc(C#CCCCC(=O)N2CCCC2)c1. The highest BCUT2D eigenvalue weighted by Gasteiger charge is 2.16. The third-order valence-electron chi connectivity index (χ3n) is 4.13. The molecule has 2 rings (SSSR count). The van der Waals surface area contributed by atoms with Crippen molar-refractivity contribution in [1.29, 1.82) is 0 Å². The summed E-state index contributed by atoms with van der Waals surface area (Å²) in [5.41, 5.74) is 1.16. The highest BCUT2D eigenvalue weighted by atomic mass is 16.5. The van der Waals surface area contributed by atoms with Crippen LogP contribution in [0.1, 0.15) is 48.0 Å². The van der Waals surface area contributed by atoms with Gasteiger partial charge in [-0.3, -0.25) is 14.4 Å². The van der Waals surface area contributed by atoms with Gasteiger partial charge in [0.2, 0.25) is 5.91 Å². The van der Waals surface area contributed by atoms with Crippen LogP contribution in [0.4, 0.5) is 0 Å². The summed E-state index contributed by atoms with van der Waals surface area (Å²) in [6, 6.07) is 6.90. The van der Waals surface area contributed by atoms with Crippen molar-refractivity contribution in [3.63, 3.8) is 0 Å². The molecule has 1 aromatic rings. The monoisotopic (exact) mass is 356 g/mol. The zero-order valence-corrected chi connectivity index (χ0v) is 15.0. The Hall–Kier alpha value is -2.81. The van der Waals surface area contributed by atoms with Gasteiger partial charge in [0, 0.05) is 37.1 Å². The second-order valence-corrected chi connectivity index (χ2v) is 6.08. The number of benzene rings is 1. The molecule has 26 heavy (non-hydrogen) atoms. The summed E-state index contributed by atoms with van der Waals surface area (Å²) in [7, 11) is 1.27. The third-order valence-corrected chi connectivity index (χ3v) is 4.13. The number of carbonyl (C=O) groups is 3. The molecule has 1 aliphatic rings. The van der Waals surface area contributed by atoms with E-state index in [4.69, 9.17) is 0 Å². The van der Waals surface area contributed by atoms with Gasteiger partial charge in [-0.1, -0.05) is 17.9 Å². The van der Waals surface area contributed by atoms with Gasteiger partial charge < -0.3 is 15.0 Å². The van der Waals surface area contributed by atoms with E-state index in [-0.39, 0.29) is 18.4 Å². The van der Waals surface area contributed by atoms with Crippen LogP contribution in [0.25, 0.3) is 0 Å². The molecule has 0 unspecified atom stereocenters. The Labute approximate surface area is 153 Å². The Kier molecular flexibility index (Phi) is 7.69. The summed E-state index contributed by atoms with van der Waals surface area (Å²) in [6.45, 7) is 1.60. The van der Waals surface area contributed by atoms with Crippen molar-refractivity contribution >= 4 is 17.8 Å². The average molecular weight is 356 g/mol. The molecule has 2 amide bonds. The molecule has 0 atom stereocenters. The molecule has 0 bridgehead atoms. The molecule has 6 nitrogen and oxygen atoms in total. The number of nitrogens with zero attached hydrogens (tertiary/aromatic N) is 1. The van der Waals surface area contributed by atoms with Gasteiger partial charge in [-0.05, 0) is 37.5 Å². The molecule has 0 saturated carbocycles. The molecule has 0 spiro atoms. The van der Waals surface area contributed by atoms with Crippen LogP contribution in [0.15, 0.2) is 24.3 Å². The van der Waals surface area contributed by atoms with E-state index in [2.05, 4.69) is 21.9 Å². The number of carbonyl (C=O) groups excluding carboxylic acids is 3. The summed E-state index contributed by atoms with van der Waals surface area (Å²) < 4.78 is 4.48. The smallest absolute Gasteiger partial charge is 0.325 e. The number of hydrogen-bond acceptors (Lipinski definition) is 4. The van der Waals surface area contributed by atoms with Crippen molar-refractivity contribution in [3.05, 3.63) is 35.4 Å². The molecular formula is C20H24N2O4. The molecule has 138 valence electrons. The summed E-state index contributed by atoms with van der Waals surface area (Å²) in [6.07, 6.45) is 4.12. The minimum atomic E-state index is -0.502. The lowest BCUT2D eigenvalue weighted by Gasteiger charge is -2.14. The van der Waals surface area contributed by atoms with Crippen molar-refractivity contribution in [1.82, 2.24) is 10.2 Å². The number of nitrogens with one attached hydrogen (secondary N) is 1. The summed E-state index contributed by atoms with van der Waals surface area (Å²) in [5.74, 6) is 5.42. The van der Waals surface area contributed by atoms with E-state index in [0.717, 1.165) is 37.9 Å². The van der Waals surface area contributed by atoms with Crippen LogP contribution in [-0.4, -0.2) is 49.4 Å². The van der Waals surface area contributed by atoms with Crippen molar-refractivity contribution in [2.24, 2.45) is 0 Å². The predicted octanol–water partition coefficient (Wildman–Crippen LogP) is 1.73. The molecule has 1 saturated heterocycles. The largest absolute Gasteiger partial charge is 0.468 e. The molecule has 1 aliphatic heterocycles. The van der Waals surface area contributed by atoms with Gasteiger partial charge >= 0.3 is 5.97 Å². The van der Waals surface area contributed by atoms with Crippen LogP contribution in [-0.2, 0) is 14.3 Å². The molecule has 1 N–H and O–H groups in total. The molecule has 6 heteroatoms. The van der Waals surface area contributed by atoms with Crippen LogP contribution >= 0.6 is 0 Å². The zero-order valence-electron chi connectivity index (χ0n) is 15.0. The second kappa shape index (κ2) is 10.2. The Morgan fingerprint density at radius 2 is 2.00 bits per heavy atom. The molecule has 1 fully saturated rings. The molecule has 0 radical (unpaired) electrons. The van der Waals surface area contributed by atoms with Gasteiger partial charge in [0.15, 0.2) is 0 Å². The van der Waals surface area contributed by atoms with Crippen LogP contribution in [0.3, 0.4) is 0 Å². The first-order chi connectivity index (χ1) is 12.6. The maximum absolute atomic E-state index is 12.0. The van der Waals surface area contributed by atoms with E-state index in [9.17, 15) is 14.4 Å². The van der Waals surface area contributed by atoms with Crippen molar-refractivity contribution in [3.8, 4) is 11.8 Å². The Balaban J connectivity index is 1.79. The van der Waals surface area contributed by atoms with E-state index >= 15 is 0 Å². The Bertz CT molecular complexity index is 712. The fourth-order valence-corrected chi connectivity index (χ4v) is 2.68. The van der Waals surface area contributed by atoms with E-state index in [0.29, 0.717) is 18.4 Å². The Morgan fingerprint density at radius 3 is 2.73 bits per heavy atom. The van der Waals surface area contributed by atoms with Crippen LogP contribution in [0.2, 0.25) is 0 Å². The average Bonchev–Trinajstić information content (AvgIpc) is 3.20. The number of amides is 2. The molecule has 1 aromatic carbocycles. The Morgan fingerprint density at radius 1 is 1.23 bits per heavy atom. The van der Waals surface area contributed by atoms with Gasteiger partial charge in [0.25, 0.3) is 5.91 Å². The first-order valence-electron chi connectivity index (χ1n) is 8.82. The maximum atomic E-state index is 12.0. The molecular weight excluding hydrogens is 332 g/mol. The first kappa shape index (κ1) is 19.5. The summed E-state index contributed by atoms with van der Waals surface area (Å²) >= 11 is 0. The normalized spacial score (nSPS) is 12.9. The van der Waals surface area contributed by atoms with Gasteiger partial charge in [-0.2, -0.15) is 0 Å². The van der Waals surface area contributed by atoms with Crippen LogP contribution in [0.5, 0.6) is 0 Å². The summed E-state index contributed by atoms with van der Waals surface area (Å²) in [5, 5.41) is 2.49. The van der Waals surface area contributed by atoms with E-state index < -0.39 is 5.97 Å². The number of rotatable bonds is 6. The van der Waals surface area contributed by atoms with Gasteiger partial charge in [-0.15, -0.1) is 0 Å². The fraction of sp³-hybridized carbons (Fsp3) is 0.450. The predicted molar refractivity (Wildman–Crippen MR) is 97.3 cm³/mol. The molecule has 1 heterocycles. The van der Waals surface area contributed by atoms with Gasteiger partial charge in [-0.25, -0.2) is 0 Å². The summed E-state index contributed by atoms with van der Waals surface area (Å²) in [4.78, 5) is 36.9. The lowest BCUT2D eigenvalue weighted by atomic mass is 10.1. The van der Waals surface area contributed by atoms with E-state index in [1.165, 1.54) is 7.11 Å². The van der Waals surface area contributed by atoms with Crippen LogP contribution < -0.4 is 5.32 Å². The topological polar surface area (TPSA) is 75.7 Å². The lowest BCUT2D eigenvalue weighted by Crippen LogP contribution is -2.30. The minimum Gasteiger partial charge on any atom is -0.468 e. The fourth-order valence-electron chi connectivity index (χ4n) is 2.68. The zero-order chi connectivity index (χ0) is 18.8. The van der Waals surface area contributed by atoms with Crippen LogP contribution in [0, 0.1) is 11.8 Å². The standard InChI is InChI=1S/C20H24N2O4/c1-26-19(24)15-21-20(25)17-10-7-9-16(14-17)8-3-2-4-11-18(23)22-12-5-6-13-22/h7,9-10,14H,2,4-6,11-13,15H2,1H3,(H,21,25). The number of hydrogen-bond donors (Lipinski definition) is 1. The number of likely N-dealkylation sites (tertiary alicyclic amines) is 1. The van der Waals surface area contributed by atoms with Crippen molar-refractivity contribution in [2.45, 2.75) is 32.1 Å². The van der Waals surface area contributed by atoms with E-state index in [1.54, 1.807) is 18.2 Å². The first-order valence-corrected chi connectivity index (χ1v) is 8.82. The quantitative estimate of drug-likeness (QED) is 0.478. The van der Waals surface area contributed by atoms with Crippen molar-refractivity contribution < 1.29 is 19.1 Å². The van der Waals surface area contributed by atoms with Gasteiger partial charge in [0.05, 0.1) is 7.11 Å². The van der Waals surface area contributed by atoms with E-state index in [1.807, 2.05) is 11.0 Å². The van der Waals surface area contributed by atoms with Crippen molar-refractivity contribution in [2.75, 3.05) is 26.7 Å². The highest BCUT2D eigenvalue weighted by molar-refractivity contribution is 5.96. The number of ether oxygens (including phenoxy) is 1. The number of unbranched alkanes of at least 4 members (excludes halogenated alkanes) is 1. The molecule has 0 aromatic heterocycles. The lowest BCUT2D eigenvalue weighted by molar-refractivity contribution is -0.139. The third kappa shape index (κ3) is 6.25.